The standard InChI is InChI=1S/C24H23BrN2O6S2/c1-6-33-23(29)19-12(2)26-24-27(22(28)17(35-24)11-14-7-8-18(25)34-14)20(19)13-9-15(30-3)21(32-5)16(10-13)31-4/h7-11,20H,6H2,1-5H3/b17-11+/t20-/m1/s1. The van der Waals surface area contributed by atoms with Crippen LogP contribution in [-0.2, 0) is 9.53 Å². The van der Waals surface area contributed by atoms with Gasteiger partial charge in [0.2, 0.25) is 5.75 Å². The summed E-state index contributed by atoms with van der Waals surface area (Å²) in [6.45, 7) is 3.66. The molecule has 1 aliphatic heterocycles. The van der Waals surface area contributed by atoms with E-state index >= 15 is 0 Å². The Balaban J connectivity index is 2.02. The van der Waals surface area contributed by atoms with Crippen LogP contribution < -0.4 is 29.1 Å². The fraction of sp³-hybridized carbons (Fsp3) is 0.292. The highest BCUT2D eigenvalue weighted by molar-refractivity contribution is 9.11. The van der Waals surface area contributed by atoms with Crippen molar-refractivity contribution in [2.75, 3.05) is 27.9 Å². The minimum Gasteiger partial charge on any atom is -0.493 e. The van der Waals surface area contributed by atoms with Gasteiger partial charge in [0.05, 0.1) is 53.6 Å². The SMILES string of the molecule is CCOC(=O)C1=C(C)N=c2s/c(=C/c3ccc(Br)s3)c(=O)n2[C@@H]1c1cc(OC)c(OC)c(OC)c1. The molecule has 4 rings (SSSR count). The molecule has 0 aliphatic carbocycles. The predicted octanol–water partition coefficient (Wildman–Crippen LogP) is 3.65. The number of carbonyl (C=O) groups is 1. The normalized spacial score (nSPS) is 15.5. The van der Waals surface area contributed by atoms with E-state index in [9.17, 15) is 9.59 Å². The van der Waals surface area contributed by atoms with Crippen molar-refractivity contribution in [2.24, 2.45) is 4.99 Å². The van der Waals surface area contributed by atoms with Gasteiger partial charge in [-0.1, -0.05) is 11.3 Å². The fourth-order valence-electron chi connectivity index (χ4n) is 3.90. The first kappa shape index (κ1) is 25.2. The summed E-state index contributed by atoms with van der Waals surface area (Å²) in [4.78, 5) is 32.8. The summed E-state index contributed by atoms with van der Waals surface area (Å²) >= 11 is 6.24. The molecule has 184 valence electrons. The van der Waals surface area contributed by atoms with E-state index in [1.807, 2.05) is 18.2 Å². The van der Waals surface area contributed by atoms with Gasteiger partial charge in [-0.15, -0.1) is 11.3 Å². The number of hydrogen-bond acceptors (Lipinski definition) is 9. The highest BCUT2D eigenvalue weighted by Gasteiger charge is 2.34. The summed E-state index contributed by atoms with van der Waals surface area (Å²) in [5.41, 5.74) is 1.10. The molecule has 0 saturated carbocycles. The van der Waals surface area contributed by atoms with E-state index in [1.165, 1.54) is 48.6 Å². The van der Waals surface area contributed by atoms with E-state index in [-0.39, 0.29) is 17.7 Å². The molecule has 0 amide bonds. The molecule has 1 aromatic carbocycles. The number of benzene rings is 1. The molecule has 8 nitrogen and oxygen atoms in total. The number of ether oxygens (including phenoxy) is 4. The highest BCUT2D eigenvalue weighted by atomic mass is 79.9. The van der Waals surface area contributed by atoms with Crippen molar-refractivity contribution in [1.82, 2.24) is 4.57 Å². The molecule has 11 heteroatoms. The zero-order chi connectivity index (χ0) is 25.3. The Morgan fingerprint density at radius 1 is 1.14 bits per heavy atom. The van der Waals surface area contributed by atoms with E-state index < -0.39 is 12.0 Å². The predicted molar refractivity (Wildman–Crippen MR) is 139 cm³/mol. The van der Waals surface area contributed by atoms with E-state index in [1.54, 1.807) is 26.0 Å². The van der Waals surface area contributed by atoms with Crippen molar-refractivity contribution < 1.29 is 23.7 Å². The Morgan fingerprint density at radius 3 is 2.37 bits per heavy atom. The molecular formula is C24H23BrN2O6S2. The maximum Gasteiger partial charge on any atom is 0.338 e. The van der Waals surface area contributed by atoms with Crippen molar-refractivity contribution in [2.45, 2.75) is 19.9 Å². The smallest absolute Gasteiger partial charge is 0.338 e. The van der Waals surface area contributed by atoms with Gasteiger partial charge in [-0.3, -0.25) is 9.36 Å². The molecular weight excluding hydrogens is 556 g/mol. The zero-order valence-electron chi connectivity index (χ0n) is 19.7. The van der Waals surface area contributed by atoms with Crippen LogP contribution in [0.3, 0.4) is 0 Å². The molecule has 0 spiro atoms. The first-order chi connectivity index (χ1) is 16.8. The van der Waals surface area contributed by atoms with Gasteiger partial charge in [0.1, 0.15) is 0 Å². The first-order valence-electron chi connectivity index (χ1n) is 10.6. The number of thiazole rings is 1. The lowest BCUT2D eigenvalue weighted by atomic mass is 9.95. The number of allylic oxidation sites excluding steroid dienone is 1. The quantitative estimate of drug-likeness (QED) is 0.398. The second-order valence-corrected chi connectivity index (χ2v) is 10.9. The average molecular weight is 579 g/mol. The zero-order valence-corrected chi connectivity index (χ0v) is 22.9. The second kappa shape index (κ2) is 10.4. The first-order valence-corrected chi connectivity index (χ1v) is 13.0. The van der Waals surface area contributed by atoms with Crippen molar-refractivity contribution in [3.63, 3.8) is 0 Å². The maximum absolute atomic E-state index is 13.7. The van der Waals surface area contributed by atoms with Crippen LogP contribution in [0.1, 0.15) is 30.3 Å². The summed E-state index contributed by atoms with van der Waals surface area (Å²) in [6.07, 6.45) is 1.83. The Bertz CT molecular complexity index is 1480. The molecule has 0 radical (unpaired) electrons. The van der Waals surface area contributed by atoms with Gasteiger partial charge in [-0.2, -0.15) is 0 Å². The largest absolute Gasteiger partial charge is 0.493 e. The van der Waals surface area contributed by atoms with Gasteiger partial charge < -0.3 is 18.9 Å². The fourth-order valence-corrected chi connectivity index (χ4v) is 6.38. The van der Waals surface area contributed by atoms with E-state index in [0.29, 0.717) is 37.8 Å². The van der Waals surface area contributed by atoms with Crippen LogP contribution in [0.2, 0.25) is 0 Å². The molecule has 0 saturated heterocycles. The van der Waals surface area contributed by atoms with Crippen LogP contribution in [0.5, 0.6) is 17.2 Å². The van der Waals surface area contributed by atoms with Crippen molar-refractivity contribution in [3.8, 4) is 17.2 Å². The van der Waals surface area contributed by atoms with Crippen molar-refractivity contribution in [3.05, 3.63) is 69.5 Å². The lowest BCUT2D eigenvalue weighted by Gasteiger charge is -2.26. The van der Waals surface area contributed by atoms with E-state index in [2.05, 4.69) is 20.9 Å². The molecule has 2 aromatic heterocycles. The number of aromatic nitrogens is 1. The number of hydrogen-bond donors (Lipinski definition) is 0. The Labute approximate surface area is 217 Å². The molecule has 0 unspecified atom stereocenters. The number of esters is 1. The Morgan fingerprint density at radius 2 is 1.83 bits per heavy atom. The topological polar surface area (TPSA) is 88.4 Å². The summed E-state index contributed by atoms with van der Waals surface area (Å²) in [7, 11) is 4.54. The molecule has 0 N–H and O–H groups in total. The number of halogens is 1. The summed E-state index contributed by atoms with van der Waals surface area (Å²) < 4.78 is 24.9. The third-order valence-corrected chi connectivity index (χ3v) is 7.94. The van der Waals surface area contributed by atoms with Crippen molar-refractivity contribution in [1.29, 1.82) is 0 Å². The monoisotopic (exact) mass is 578 g/mol. The number of nitrogens with zero attached hydrogens (tertiary/aromatic N) is 2. The molecule has 0 bridgehead atoms. The van der Waals surface area contributed by atoms with E-state index in [4.69, 9.17) is 18.9 Å². The molecule has 1 atom stereocenters. The van der Waals surface area contributed by atoms with Gasteiger partial charge in [0.25, 0.3) is 5.56 Å². The van der Waals surface area contributed by atoms with Crippen LogP contribution in [0.4, 0.5) is 0 Å². The van der Waals surface area contributed by atoms with Gasteiger partial charge >= 0.3 is 5.97 Å². The van der Waals surface area contributed by atoms with Crippen molar-refractivity contribution >= 4 is 50.6 Å². The van der Waals surface area contributed by atoms with E-state index in [0.717, 1.165) is 8.66 Å². The Hall–Kier alpha value is -2.89. The van der Waals surface area contributed by atoms with Crippen LogP contribution >= 0.6 is 38.6 Å². The van der Waals surface area contributed by atoms with Gasteiger partial charge in [0, 0.05) is 4.88 Å². The summed E-state index contributed by atoms with van der Waals surface area (Å²) in [5, 5.41) is 0. The van der Waals surface area contributed by atoms with Gasteiger partial charge in [0.15, 0.2) is 16.3 Å². The number of fused-ring (bicyclic) bond motifs is 1. The highest BCUT2D eigenvalue weighted by Crippen LogP contribution is 2.42. The van der Waals surface area contributed by atoms with Crippen LogP contribution in [0.25, 0.3) is 6.08 Å². The molecule has 3 heterocycles. The molecule has 35 heavy (non-hydrogen) atoms. The van der Waals surface area contributed by atoms with Crippen LogP contribution in [-0.4, -0.2) is 38.5 Å². The third kappa shape index (κ3) is 4.67. The minimum absolute atomic E-state index is 0.190. The summed E-state index contributed by atoms with van der Waals surface area (Å²) in [6, 6.07) is 6.53. The number of carbonyl (C=O) groups excluding carboxylic acids is 1. The second-order valence-electron chi connectivity index (χ2n) is 7.40. The number of thiophene rings is 1. The average Bonchev–Trinajstić information content (AvgIpc) is 3.39. The Kier molecular flexibility index (Phi) is 7.48. The van der Waals surface area contributed by atoms with Crippen LogP contribution in [0.15, 0.2) is 49.1 Å². The molecule has 3 aromatic rings. The number of methoxy groups -OCH3 is 3. The van der Waals surface area contributed by atoms with Crippen LogP contribution in [0, 0.1) is 0 Å². The maximum atomic E-state index is 13.7. The van der Waals surface area contributed by atoms with Gasteiger partial charge in [-0.25, -0.2) is 9.79 Å². The lowest BCUT2D eigenvalue weighted by Crippen LogP contribution is -2.40. The lowest BCUT2D eigenvalue weighted by molar-refractivity contribution is -0.139. The third-order valence-electron chi connectivity index (χ3n) is 5.39. The molecule has 0 fully saturated rings. The van der Waals surface area contributed by atoms with Gasteiger partial charge in [-0.05, 0) is 65.7 Å². The number of rotatable bonds is 7. The summed E-state index contributed by atoms with van der Waals surface area (Å²) in [5.74, 6) is 0.687. The minimum atomic E-state index is -0.795. The molecule has 1 aliphatic rings.